The molecule has 1 N–H and O–H groups in total. The maximum absolute atomic E-state index is 13.6. The zero-order valence-electron chi connectivity index (χ0n) is 14.3. The third kappa shape index (κ3) is 7.85. The minimum Gasteiger partial charge on any atom is -0.372 e. The lowest BCUT2D eigenvalue weighted by Crippen LogP contribution is -2.39. The number of anilines is 1. The molecule has 0 bridgehead atoms. The molecule has 0 aliphatic heterocycles. The van der Waals surface area contributed by atoms with E-state index in [2.05, 4.69) is 4.74 Å². The van der Waals surface area contributed by atoms with Crippen LogP contribution in [0.3, 0.4) is 0 Å². The molecule has 152 valence electrons. The first-order valence-corrected chi connectivity index (χ1v) is 7.90. The molecule has 2 amide bonds. The van der Waals surface area contributed by atoms with Crippen LogP contribution in [0.2, 0.25) is 0 Å². The van der Waals surface area contributed by atoms with E-state index in [1.165, 1.54) is 0 Å². The summed E-state index contributed by atoms with van der Waals surface area (Å²) in [6.07, 6.45) is -4.45. The number of carbonyl (C=O) groups excluding carboxylic acids is 2. The number of hydrogen-bond donors (Lipinski definition) is 1. The van der Waals surface area contributed by atoms with Gasteiger partial charge in [-0.05, 0) is 18.6 Å². The first-order valence-electron chi connectivity index (χ1n) is 7.90. The topological polar surface area (TPSA) is 58.6 Å². The van der Waals surface area contributed by atoms with Gasteiger partial charge in [-0.3, -0.25) is 9.59 Å². The Morgan fingerprint density at radius 3 is 2.41 bits per heavy atom. The lowest BCUT2D eigenvalue weighted by Gasteiger charge is -2.22. The Morgan fingerprint density at radius 2 is 1.81 bits per heavy atom. The van der Waals surface area contributed by atoms with E-state index in [0.717, 1.165) is 11.0 Å². The third-order valence-corrected chi connectivity index (χ3v) is 3.22. The summed E-state index contributed by atoms with van der Waals surface area (Å²) in [6.45, 7) is -0.703. The molecule has 0 fully saturated rings. The van der Waals surface area contributed by atoms with Crippen LogP contribution in [0.4, 0.5) is 32.0 Å². The Hall–Kier alpha value is -2.30. The van der Waals surface area contributed by atoms with Crippen molar-refractivity contribution in [2.45, 2.75) is 25.9 Å². The summed E-state index contributed by atoms with van der Waals surface area (Å²) in [5, 5.41) is 2.01. The maximum atomic E-state index is 13.6. The van der Waals surface area contributed by atoms with Crippen LogP contribution in [0.5, 0.6) is 0 Å². The molecule has 1 rings (SSSR count). The molecule has 0 spiro atoms. The largest absolute Gasteiger partial charge is 0.411 e. The van der Waals surface area contributed by atoms with Crippen LogP contribution in [0.15, 0.2) is 12.1 Å². The summed E-state index contributed by atoms with van der Waals surface area (Å²) in [4.78, 5) is 25.0. The summed E-state index contributed by atoms with van der Waals surface area (Å²) in [5.74, 6) is -6.28. The third-order valence-electron chi connectivity index (χ3n) is 3.22. The van der Waals surface area contributed by atoms with Crippen LogP contribution in [0.25, 0.3) is 0 Å². The van der Waals surface area contributed by atoms with E-state index in [1.54, 1.807) is 6.92 Å². The highest BCUT2D eigenvalue weighted by atomic mass is 19.4. The van der Waals surface area contributed by atoms with Crippen molar-refractivity contribution < 1.29 is 40.7 Å². The molecule has 0 aliphatic rings. The average Bonchev–Trinajstić information content (AvgIpc) is 2.58. The molecule has 0 radical (unpaired) electrons. The predicted molar refractivity (Wildman–Crippen MR) is 83.3 cm³/mol. The van der Waals surface area contributed by atoms with Crippen LogP contribution in [-0.4, -0.2) is 49.2 Å². The normalized spacial score (nSPS) is 11.4. The molecule has 27 heavy (non-hydrogen) atoms. The van der Waals surface area contributed by atoms with Crippen molar-refractivity contribution in [3.8, 4) is 0 Å². The van der Waals surface area contributed by atoms with Crippen molar-refractivity contribution in [1.82, 2.24) is 4.90 Å². The minimum atomic E-state index is -4.51. The van der Waals surface area contributed by atoms with Gasteiger partial charge in [0.2, 0.25) is 11.8 Å². The fourth-order valence-electron chi connectivity index (χ4n) is 2.05. The average molecular weight is 400 g/mol. The van der Waals surface area contributed by atoms with Crippen molar-refractivity contribution in [1.29, 1.82) is 0 Å². The van der Waals surface area contributed by atoms with Gasteiger partial charge in [0, 0.05) is 6.54 Å². The lowest BCUT2D eigenvalue weighted by molar-refractivity contribution is -0.175. The van der Waals surface area contributed by atoms with Gasteiger partial charge in [-0.2, -0.15) is 13.2 Å². The second kappa shape index (κ2) is 10.1. The number of nitrogens with zero attached hydrogens (tertiary/aromatic N) is 1. The van der Waals surface area contributed by atoms with Crippen molar-refractivity contribution in [2.75, 3.05) is 31.6 Å². The second-order valence-corrected chi connectivity index (χ2v) is 5.50. The van der Waals surface area contributed by atoms with Gasteiger partial charge in [-0.25, -0.2) is 13.2 Å². The smallest absolute Gasteiger partial charge is 0.372 e. The Morgan fingerprint density at radius 1 is 1.15 bits per heavy atom. The van der Waals surface area contributed by atoms with E-state index in [0.29, 0.717) is 12.5 Å². The van der Waals surface area contributed by atoms with Gasteiger partial charge in [0.15, 0.2) is 17.5 Å². The fourth-order valence-corrected chi connectivity index (χ4v) is 2.05. The number of nitrogens with one attached hydrogen (secondary N) is 1. The molecule has 5 nitrogen and oxygen atoms in total. The van der Waals surface area contributed by atoms with E-state index in [4.69, 9.17) is 0 Å². The van der Waals surface area contributed by atoms with Gasteiger partial charge >= 0.3 is 6.18 Å². The van der Waals surface area contributed by atoms with Crippen LogP contribution < -0.4 is 5.32 Å². The number of alkyl halides is 3. The van der Waals surface area contributed by atoms with Gasteiger partial charge in [0.25, 0.3) is 0 Å². The number of amides is 2. The van der Waals surface area contributed by atoms with Crippen LogP contribution in [0.1, 0.15) is 19.8 Å². The highest BCUT2D eigenvalue weighted by molar-refractivity contribution is 5.94. The zero-order valence-corrected chi connectivity index (χ0v) is 14.3. The monoisotopic (exact) mass is 400 g/mol. The predicted octanol–water partition coefficient (Wildman–Crippen LogP) is 3.25. The van der Waals surface area contributed by atoms with E-state index < -0.39 is 60.9 Å². The van der Waals surface area contributed by atoms with Crippen molar-refractivity contribution >= 4 is 17.5 Å². The second-order valence-electron chi connectivity index (χ2n) is 5.50. The summed E-state index contributed by atoms with van der Waals surface area (Å²) in [7, 11) is 0. The molecule has 1 aromatic carbocycles. The molecule has 0 atom stereocenters. The quantitative estimate of drug-likeness (QED) is 0.393. The highest BCUT2D eigenvalue weighted by Gasteiger charge is 2.27. The molecule has 0 unspecified atom stereocenters. The number of hydrogen-bond acceptors (Lipinski definition) is 3. The highest BCUT2D eigenvalue weighted by Crippen LogP contribution is 2.19. The molecule has 0 saturated carbocycles. The maximum Gasteiger partial charge on any atom is 0.411 e. The van der Waals surface area contributed by atoms with Crippen LogP contribution in [0, 0.1) is 17.5 Å². The molecular weight excluding hydrogens is 382 g/mol. The summed E-state index contributed by atoms with van der Waals surface area (Å²) in [6, 6.07) is 1.45. The molecule has 0 saturated heterocycles. The zero-order chi connectivity index (χ0) is 20.6. The number of ether oxygens (including phenoxy) is 1. The number of carbonyl (C=O) groups is 2. The van der Waals surface area contributed by atoms with Crippen molar-refractivity contribution in [3.05, 3.63) is 29.6 Å². The number of halogens is 6. The van der Waals surface area contributed by atoms with Crippen LogP contribution in [-0.2, 0) is 14.3 Å². The number of benzene rings is 1. The van der Waals surface area contributed by atoms with Gasteiger partial charge < -0.3 is 15.0 Å². The van der Waals surface area contributed by atoms with E-state index in [1.807, 2.05) is 5.32 Å². The van der Waals surface area contributed by atoms with Crippen molar-refractivity contribution in [2.24, 2.45) is 0 Å². The fraction of sp³-hybridized carbons (Fsp3) is 0.500. The van der Waals surface area contributed by atoms with Gasteiger partial charge in [-0.15, -0.1) is 0 Å². The molecule has 0 aliphatic carbocycles. The minimum absolute atomic E-state index is 0.117. The van der Waals surface area contributed by atoms with E-state index >= 15 is 0 Å². The summed E-state index contributed by atoms with van der Waals surface area (Å²) >= 11 is 0. The van der Waals surface area contributed by atoms with Crippen LogP contribution >= 0.6 is 0 Å². The molecule has 1 aromatic rings. The Balaban J connectivity index is 2.61. The van der Waals surface area contributed by atoms with Gasteiger partial charge in [0.05, 0.1) is 25.3 Å². The standard InChI is InChI=1S/C16H18F6N2O3/c1-2-6-24(13(26)5-7-27-9-16(20,21)22)8-12(25)23-11-4-3-10(17)14(18)15(11)19/h3-4H,2,5-9H2,1H3,(H,23,25). The molecular formula is C16H18F6N2O3. The first kappa shape index (κ1) is 22.7. The summed E-state index contributed by atoms with van der Waals surface area (Å²) < 4.78 is 79.8. The van der Waals surface area contributed by atoms with E-state index in [-0.39, 0.29) is 13.0 Å². The summed E-state index contributed by atoms with van der Waals surface area (Å²) in [5.41, 5.74) is -0.601. The van der Waals surface area contributed by atoms with Gasteiger partial charge in [-0.1, -0.05) is 6.92 Å². The Bertz CT molecular complexity index is 666. The first-order chi connectivity index (χ1) is 12.5. The molecule has 0 aromatic heterocycles. The molecule has 0 heterocycles. The Kier molecular flexibility index (Phi) is 8.54. The SMILES string of the molecule is CCCN(CC(=O)Nc1ccc(F)c(F)c1F)C(=O)CCOCC(F)(F)F. The van der Waals surface area contributed by atoms with E-state index in [9.17, 15) is 35.9 Å². The van der Waals surface area contributed by atoms with Gasteiger partial charge in [0.1, 0.15) is 6.61 Å². The Labute approximate surface area is 151 Å². The van der Waals surface area contributed by atoms with Crippen molar-refractivity contribution in [3.63, 3.8) is 0 Å². The lowest BCUT2D eigenvalue weighted by atomic mass is 10.2. The number of rotatable bonds is 9. The molecule has 11 heteroatoms.